The maximum absolute atomic E-state index is 11.1. The number of benzene rings is 1. The second-order valence-corrected chi connectivity index (χ2v) is 4.81. The van der Waals surface area contributed by atoms with E-state index in [1.165, 1.54) is 0 Å². The van der Waals surface area contributed by atoms with Gasteiger partial charge in [-0.15, -0.1) is 0 Å². The molecule has 0 amide bonds. The summed E-state index contributed by atoms with van der Waals surface area (Å²) in [5.74, 6) is 0.715. The fourth-order valence-corrected chi connectivity index (χ4v) is 1.85. The molecule has 0 fully saturated rings. The van der Waals surface area contributed by atoms with Crippen molar-refractivity contribution in [3.63, 3.8) is 0 Å². The number of hydrogen-bond acceptors (Lipinski definition) is 3. The van der Waals surface area contributed by atoms with Gasteiger partial charge >= 0.3 is 5.97 Å². The summed E-state index contributed by atoms with van der Waals surface area (Å²) >= 11 is 5.91. The summed E-state index contributed by atoms with van der Waals surface area (Å²) in [6, 6.07) is 5.62. The van der Waals surface area contributed by atoms with Crippen LogP contribution in [-0.2, 0) is 9.53 Å². The van der Waals surface area contributed by atoms with Crippen LogP contribution < -0.4 is 4.74 Å². The fraction of sp³-hybridized carbons (Fsp3) is 0.533. The van der Waals surface area contributed by atoms with E-state index in [-0.39, 0.29) is 5.97 Å². The van der Waals surface area contributed by atoms with E-state index in [0.29, 0.717) is 24.7 Å². The Hall–Kier alpha value is -1.22. The first kappa shape index (κ1) is 15.8. The lowest BCUT2D eigenvalue weighted by Crippen LogP contribution is -2.04. The normalized spacial score (nSPS) is 10.3. The van der Waals surface area contributed by atoms with Gasteiger partial charge in [-0.3, -0.25) is 4.79 Å². The molecule has 0 N–H and O–H groups in total. The minimum atomic E-state index is -0.117. The molecule has 0 bridgehead atoms. The van der Waals surface area contributed by atoms with Crippen LogP contribution in [0.25, 0.3) is 0 Å². The highest BCUT2D eigenvalue weighted by molar-refractivity contribution is 6.30. The average Bonchev–Trinajstić information content (AvgIpc) is 2.38. The quantitative estimate of drug-likeness (QED) is 0.531. The Bertz CT molecular complexity index is 404. The van der Waals surface area contributed by atoms with Gasteiger partial charge in [-0.25, -0.2) is 0 Å². The van der Waals surface area contributed by atoms with Crippen molar-refractivity contribution in [3.8, 4) is 5.75 Å². The molecule has 0 aliphatic rings. The van der Waals surface area contributed by atoms with Crippen molar-refractivity contribution >= 4 is 17.6 Å². The summed E-state index contributed by atoms with van der Waals surface area (Å²) in [5.41, 5.74) is 1.08. The third-order valence-corrected chi connectivity index (χ3v) is 2.97. The first-order valence-corrected chi connectivity index (χ1v) is 7.06. The number of esters is 1. The van der Waals surface area contributed by atoms with Gasteiger partial charge in [0, 0.05) is 11.4 Å². The monoisotopic (exact) mass is 284 g/mol. The highest BCUT2D eigenvalue weighted by Crippen LogP contribution is 2.22. The SMILES string of the molecule is CCOC(=O)CCCCCOc1cc(Cl)ccc1C. The fourth-order valence-electron chi connectivity index (χ4n) is 1.69. The van der Waals surface area contributed by atoms with Crippen LogP contribution in [0.3, 0.4) is 0 Å². The van der Waals surface area contributed by atoms with E-state index in [4.69, 9.17) is 21.1 Å². The number of hydrogen-bond donors (Lipinski definition) is 0. The Morgan fingerprint density at radius 3 is 2.79 bits per heavy atom. The van der Waals surface area contributed by atoms with Crippen molar-refractivity contribution in [1.29, 1.82) is 0 Å². The van der Waals surface area contributed by atoms with Gasteiger partial charge in [0.2, 0.25) is 0 Å². The van der Waals surface area contributed by atoms with Crippen molar-refractivity contribution in [2.24, 2.45) is 0 Å². The molecule has 3 nitrogen and oxygen atoms in total. The minimum Gasteiger partial charge on any atom is -0.493 e. The molecule has 19 heavy (non-hydrogen) atoms. The number of carbonyl (C=O) groups is 1. The summed E-state index contributed by atoms with van der Waals surface area (Å²) in [6.07, 6.45) is 3.21. The van der Waals surface area contributed by atoms with E-state index >= 15 is 0 Å². The van der Waals surface area contributed by atoms with Crippen LogP contribution in [-0.4, -0.2) is 19.2 Å². The Kier molecular flexibility index (Phi) is 7.34. The van der Waals surface area contributed by atoms with Gasteiger partial charge in [-0.05, 0) is 50.8 Å². The number of aryl methyl sites for hydroxylation is 1. The minimum absolute atomic E-state index is 0.117. The summed E-state index contributed by atoms with van der Waals surface area (Å²) in [6.45, 7) is 4.91. The van der Waals surface area contributed by atoms with Crippen LogP contribution in [0.2, 0.25) is 5.02 Å². The summed E-state index contributed by atoms with van der Waals surface area (Å²) in [7, 11) is 0. The van der Waals surface area contributed by atoms with Gasteiger partial charge in [0.15, 0.2) is 0 Å². The molecule has 0 spiro atoms. The second kappa shape index (κ2) is 8.81. The van der Waals surface area contributed by atoms with E-state index in [2.05, 4.69) is 0 Å². The smallest absolute Gasteiger partial charge is 0.305 e. The predicted molar refractivity (Wildman–Crippen MR) is 76.8 cm³/mol. The first-order valence-electron chi connectivity index (χ1n) is 6.68. The van der Waals surface area contributed by atoms with Crippen molar-refractivity contribution in [2.75, 3.05) is 13.2 Å². The highest BCUT2D eigenvalue weighted by Gasteiger charge is 2.02. The molecule has 1 rings (SSSR count). The van der Waals surface area contributed by atoms with Crippen molar-refractivity contribution in [2.45, 2.75) is 39.5 Å². The number of carbonyl (C=O) groups excluding carboxylic acids is 1. The number of unbranched alkanes of at least 4 members (excludes halogenated alkanes) is 2. The average molecular weight is 285 g/mol. The lowest BCUT2D eigenvalue weighted by molar-refractivity contribution is -0.143. The van der Waals surface area contributed by atoms with Gasteiger partial charge < -0.3 is 9.47 Å². The molecule has 106 valence electrons. The molecule has 0 heterocycles. The molecule has 0 aromatic heterocycles. The molecule has 0 aliphatic carbocycles. The maximum Gasteiger partial charge on any atom is 0.305 e. The first-order chi connectivity index (χ1) is 9.13. The zero-order valence-corrected chi connectivity index (χ0v) is 12.3. The molecule has 1 aromatic carbocycles. The van der Waals surface area contributed by atoms with Crippen LogP contribution in [0.5, 0.6) is 5.75 Å². The Balaban J connectivity index is 2.14. The molecular formula is C15H21ClO3. The van der Waals surface area contributed by atoms with Crippen LogP contribution in [0.1, 0.15) is 38.2 Å². The van der Waals surface area contributed by atoms with Crippen molar-refractivity contribution in [1.82, 2.24) is 0 Å². The third-order valence-electron chi connectivity index (χ3n) is 2.74. The van der Waals surface area contributed by atoms with E-state index in [0.717, 1.165) is 30.6 Å². The zero-order chi connectivity index (χ0) is 14.1. The van der Waals surface area contributed by atoms with E-state index in [9.17, 15) is 4.79 Å². The molecule has 0 radical (unpaired) electrons. The molecule has 0 atom stereocenters. The van der Waals surface area contributed by atoms with E-state index in [1.807, 2.05) is 32.0 Å². The molecule has 0 unspecified atom stereocenters. The van der Waals surface area contributed by atoms with Crippen LogP contribution in [0.4, 0.5) is 0 Å². The van der Waals surface area contributed by atoms with Gasteiger partial charge in [-0.1, -0.05) is 17.7 Å². The molecule has 0 aliphatic heterocycles. The van der Waals surface area contributed by atoms with Crippen LogP contribution >= 0.6 is 11.6 Å². The van der Waals surface area contributed by atoms with Crippen molar-refractivity contribution in [3.05, 3.63) is 28.8 Å². The van der Waals surface area contributed by atoms with Gasteiger partial charge in [0.25, 0.3) is 0 Å². The lowest BCUT2D eigenvalue weighted by Gasteiger charge is -2.09. The van der Waals surface area contributed by atoms with Gasteiger partial charge in [0.1, 0.15) is 5.75 Å². The number of halogens is 1. The topological polar surface area (TPSA) is 35.5 Å². The molecule has 0 saturated carbocycles. The third kappa shape index (κ3) is 6.48. The predicted octanol–water partition coefficient (Wildman–Crippen LogP) is 4.15. The molecule has 1 aromatic rings. The van der Waals surface area contributed by atoms with Gasteiger partial charge in [0.05, 0.1) is 13.2 Å². The Morgan fingerprint density at radius 1 is 1.26 bits per heavy atom. The lowest BCUT2D eigenvalue weighted by atomic mass is 10.2. The molecular weight excluding hydrogens is 264 g/mol. The number of ether oxygens (including phenoxy) is 2. The summed E-state index contributed by atoms with van der Waals surface area (Å²) in [5, 5.41) is 0.683. The largest absolute Gasteiger partial charge is 0.493 e. The Morgan fingerprint density at radius 2 is 2.05 bits per heavy atom. The van der Waals surface area contributed by atoms with Crippen molar-refractivity contribution < 1.29 is 14.3 Å². The standard InChI is InChI=1S/C15H21ClO3/c1-3-18-15(17)7-5-4-6-10-19-14-11-13(16)9-8-12(14)2/h8-9,11H,3-7,10H2,1-2H3. The van der Waals surface area contributed by atoms with E-state index < -0.39 is 0 Å². The summed E-state index contributed by atoms with van der Waals surface area (Å²) in [4.78, 5) is 11.1. The number of rotatable bonds is 8. The van der Waals surface area contributed by atoms with Gasteiger partial charge in [-0.2, -0.15) is 0 Å². The summed E-state index contributed by atoms with van der Waals surface area (Å²) < 4.78 is 10.5. The highest BCUT2D eigenvalue weighted by atomic mass is 35.5. The molecule has 4 heteroatoms. The van der Waals surface area contributed by atoms with Crippen LogP contribution in [0.15, 0.2) is 18.2 Å². The van der Waals surface area contributed by atoms with E-state index in [1.54, 1.807) is 0 Å². The van der Waals surface area contributed by atoms with Crippen LogP contribution in [0, 0.1) is 6.92 Å². The zero-order valence-electron chi connectivity index (χ0n) is 11.6. The molecule has 0 saturated heterocycles. The Labute approximate surface area is 119 Å². The maximum atomic E-state index is 11.1. The second-order valence-electron chi connectivity index (χ2n) is 4.37.